The first-order chi connectivity index (χ1) is 6.07. The summed E-state index contributed by atoms with van der Waals surface area (Å²) in [7, 11) is 0. The molecule has 0 saturated carbocycles. The summed E-state index contributed by atoms with van der Waals surface area (Å²) in [4.78, 5) is 11.3. The van der Waals surface area contributed by atoms with Crippen LogP contribution in [-0.2, 0) is 4.79 Å². The highest BCUT2D eigenvalue weighted by atomic mass is 32.1. The second-order valence-corrected chi connectivity index (χ2v) is 3.70. The van der Waals surface area contributed by atoms with E-state index in [-0.39, 0.29) is 0 Å². The Kier molecular flexibility index (Phi) is 2.69. The van der Waals surface area contributed by atoms with E-state index in [0.29, 0.717) is 4.88 Å². The third-order valence-corrected chi connectivity index (χ3v) is 3.02. The highest BCUT2D eigenvalue weighted by Crippen LogP contribution is 2.27. The molecule has 0 saturated heterocycles. The van der Waals surface area contributed by atoms with Gasteiger partial charge in [-0.05, 0) is 30.4 Å². The number of nitrogens with zero attached hydrogens (tertiary/aromatic N) is 1. The van der Waals surface area contributed by atoms with Gasteiger partial charge in [0, 0.05) is 0 Å². The van der Waals surface area contributed by atoms with E-state index in [2.05, 4.69) is 0 Å². The molecular weight excluding hydrogens is 186 g/mol. The third kappa shape index (κ3) is 1.70. The second-order valence-electron chi connectivity index (χ2n) is 2.82. The predicted octanol–water partition coefficient (Wildman–Crippen LogP) is 2.12. The van der Waals surface area contributed by atoms with Crippen molar-refractivity contribution in [1.82, 2.24) is 0 Å². The molecule has 1 aromatic rings. The lowest BCUT2D eigenvalue weighted by Gasteiger charge is -2.04. The van der Waals surface area contributed by atoms with Crippen molar-refractivity contribution in [2.24, 2.45) is 0 Å². The second kappa shape index (κ2) is 3.58. The zero-order chi connectivity index (χ0) is 10.0. The van der Waals surface area contributed by atoms with Gasteiger partial charge < -0.3 is 5.11 Å². The van der Waals surface area contributed by atoms with Crippen LogP contribution >= 0.6 is 11.3 Å². The van der Waals surface area contributed by atoms with Gasteiger partial charge in [-0.3, -0.25) is 4.79 Å². The van der Waals surface area contributed by atoms with Crippen molar-refractivity contribution in [1.29, 1.82) is 5.26 Å². The van der Waals surface area contributed by atoms with Crippen LogP contribution in [0.2, 0.25) is 0 Å². The molecule has 13 heavy (non-hydrogen) atoms. The maximum absolute atomic E-state index is 10.7. The quantitative estimate of drug-likeness (QED) is 0.786. The Balaban J connectivity index is 3.11. The van der Waals surface area contributed by atoms with Crippen molar-refractivity contribution >= 4 is 17.3 Å². The molecule has 0 bridgehead atoms. The van der Waals surface area contributed by atoms with Crippen molar-refractivity contribution in [3.05, 3.63) is 21.4 Å². The number of carbonyl (C=O) groups is 1. The predicted molar refractivity (Wildman–Crippen MR) is 49.8 cm³/mol. The minimum absolute atomic E-state index is 0.529. The molecule has 0 radical (unpaired) electrons. The number of rotatable bonds is 2. The number of hydrogen-bond donors (Lipinski definition) is 1. The monoisotopic (exact) mass is 195 g/mol. The summed E-state index contributed by atoms with van der Waals surface area (Å²) >= 11 is 1.30. The fourth-order valence-corrected chi connectivity index (χ4v) is 2.07. The van der Waals surface area contributed by atoms with Crippen LogP contribution < -0.4 is 0 Å². The fourth-order valence-electron chi connectivity index (χ4n) is 1.10. The van der Waals surface area contributed by atoms with E-state index < -0.39 is 11.9 Å². The first kappa shape index (κ1) is 9.75. The normalized spacial score (nSPS) is 12.1. The van der Waals surface area contributed by atoms with Gasteiger partial charge in [0.1, 0.15) is 10.9 Å². The highest BCUT2D eigenvalue weighted by molar-refractivity contribution is 7.10. The maximum atomic E-state index is 10.7. The van der Waals surface area contributed by atoms with Gasteiger partial charge >= 0.3 is 5.97 Å². The van der Waals surface area contributed by atoms with Crippen LogP contribution in [0.1, 0.15) is 28.8 Å². The molecule has 4 heteroatoms. The van der Waals surface area contributed by atoms with Crippen molar-refractivity contribution in [2.45, 2.75) is 19.8 Å². The van der Waals surface area contributed by atoms with Gasteiger partial charge in [0.05, 0.1) is 5.92 Å². The molecule has 0 amide bonds. The lowest BCUT2D eigenvalue weighted by atomic mass is 10.0. The molecule has 1 aromatic heterocycles. The largest absolute Gasteiger partial charge is 0.481 e. The first-order valence-corrected chi connectivity index (χ1v) is 4.66. The van der Waals surface area contributed by atoms with Crippen molar-refractivity contribution < 1.29 is 9.90 Å². The van der Waals surface area contributed by atoms with Crippen molar-refractivity contribution in [3.63, 3.8) is 0 Å². The SMILES string of the molecule is Cc1c(C(C)C(=O)O)csc1C#N. The number of thiophene rings is 1. The van der Waals surface area contributed by atoms with Gasteiger partial charge in [-0.15, -0.1) is 11.3 Å². The van der Waals surface area contributed by atoms with Crippen LogP contribution in [0, 0.1) is 18.3 Å². The van der Waals surface area contributed by atoms with Gasteiger partial charge in [0.25, 0.3) is 0 Å². The Labute approximate surface area is 80.2 Å². The Bertz CT molecular complexity index is 375. The van der Waals surface area contributed by atoms with E-state index in [0.717, 1.165) is 11.1 Å². The summed E-state index contributed by atoms with van der Waals surface area (Å²) in [6.07, 6.45) is 0. The van der Waals surface area contributed by atoms with Crippen molar-refractivity contribution in [3.8, 4) is 6.07 Å². The van der Waals surface area contributed by atoms with E-state index in [9.17, 15) is 4.79 Å². The Morgan fingerprint density at radius 2 is 2.38 bits per heavy atom. The Morgan fingerprint density at radius 1 is 1.77 bits per heavy atom. The van der Waals surface area contributed by atoms with Crippen LogP contribution in [0.3, 0.4) is 0 Å². The summed E-state index contributed by atoms with van der Waals surface area (Å²) in [5.74, 6) is -1.39. The summed E-state index contributed by atoms with van der Waals surface area (Å²) in [6.45, 7) is 3.41. The van der Waals surface area contributed by atoms with Gasteiger partial charge in [-0.1, -0.05) is 0 Å². The molecule has 0 spiro atoms. The zero-order valence-corrected chi connectivity index (χ0v) is 8.18. The Morgan fingerprint density at radius 3 is 2.77 bits per heavy atom. The smallest absolute Gasteiger partial charge is 0.310 e. The van der Waals surface area contributed by atoms with Gasteiger partial charge in [-0.2, -0.15) is 5.26 Å². The lowest BCUT2D eigenvalue weighted by molar-refractivity contribution is -0.138. The molecule has 1 atom stereocenters. The van der Waals surface area contributed by atoms with E-state index in [4.69, 9.17) is 10.4 Å². The lowest BCUT2D eigenvalue weighted by Crippen LogP contribution is -2.07. The van der Waals surface area contributed by atoms with Crippen LogP contribution in [0.15, 0.2) is 5.38 Å². The number of aliphatic carboxylic acids is 1. The maximum Gasteiger partial charge on any atom is 0.310 e. The van der Waals surface area contributed by atoms with Gasteiger partial charge in [-0.25, -0.2) is 0 Å². The molecule has 3 nitrogen and oxygen atoms in total. The first-order valence-electron chi connectivity index (χ1n) is 3.78. The molecule has 0 aromatic carbocycles. The van der Waals surface area contributed by atoms with Gasteiger partial charge in [0.15, 0.2) is 0 Å². The minimum Gasteiger partial charge on any atom is -0.481 e. The van der Waals surface area contributed by atoms with E-state index >= 15 is 0 Å². The van der Waals surface area contributed by atoms with Gasteiger partial charge in [0.2, 0.25) is 0 Å². The molecule has 1 rings (SSSR count). The highest BCUT2D eigenvalue weighted by Gasteiger charge is 2.18. The third-order valence-electron chi connectivity index (χ3n) is 2.02. The molecule has 0 aliphatic rings. The number of hydrogen-bond acceptors (Lipinski definition) is 3. The standard InChI is InChI=1S/C9H9NO2S/c1-5-7(6(2)9(11)12)4-13-8(5)3-10/h4,6H,1-2H3,(H,11,12). The summed E-state index contributed by atoms with van der Waals surface area (Å²) in [5, 5.41) is 19.2. The van der Waals surface area contributed by atoms with E-state index in [1.807, 2.05) is 6.07 Å². The molecule has 0 aliphatic carbocycles. The van der Waals surface area contributed by atoms with Crippen LogP contribution in [0.25, 0.3) is 0 Å². The topological polar surface area (TPSA) is 61.1 Å². The van der Waals surface area contributed by atoms with Crippen LogP contribution in [-0.4, -0.2) is 11.1 Å². The molecule has 0 aliphatic heterocycles. The van der Waals surface area contributed by atoms with Crippen LogP contribution in [0.5, 0.6) is 0 Å². The average Bonchev–Trinajstić information content (AvgIpc) is 2.45. The fraction of sp³-hybridized carbons (Fsp3) is 0.333. The summed E-state index contributed by atoms with van der Waals surface area (Å²) in [5.41, 5.74) is 1.54. The molecule has 1 heterocycles. The van der Waals surface area contributed by atoms with E-state index in [1.54, 1.807) is 19.2 Å². The zero-order valence-electron chi connectivity index (χ0n) is 7.37. The Hall–Kier alpha value is -1.34. The average molecular weight is 195 g/mol. The molecule has 68 valence electrons. The molecular formula is C9H9NO2S. The van der Waals surface area contributed by atoms with Crippen LogP contribution in [0.4, 0.5) is 0 Å². The molecule has 1 N–H and O–H groups in total. The van der Waals surface area contributed by atoms with Crippen molar-refractivity contribution in [2.75, 3.05) is 0 Å². The summed E-state index contributed by atoms with van der Waals surface area (Å²) in [6, 6.07) is 2.04. The number of nitriles is 1. The molecule has 0 fully saturated rings. The number of carboxylic acids is 1. The molecule has 1 unspecified atom stereocenters. The summed E-state index contributed by atoms with van der Waals surface area (Å²) < 4.78 is 0. The number of carboxylic acid groups (broad SMARTS) is 1. The van der Waals surface area contributed by atoms with E-state index in [1.165, 1.54) is 11.3 Å². The minimum atomic E-state index is -0.856.